The molecule has 7 nitrogen and oxygen atoms in total. The lowest BCUT2D eigenvalue weighted by Crippen LogP contribution is -3.27. The molecule has 1 aromatic rings. The number of ether oxygens (including phenoxy) is 3. The number of carbonyl (C=O) groups is 2. The quantitative estimate of drug-likeness (QED) is 0.676. The van der Waals surface area contributed by atoms with Crippen LogP contribution in [0.15, 0.2) is 24.3 Å². The van der Waals surface area contributed by atoms with Gasteiger partial charge in [-0.15, -0.1) is 0 Å². The molecule has 0 aromatic heterocycles. The molecule has 2 N–H and O–H groups in total. The molecule has 1 heterocycles. The first-order valence-electron chi connectivity index (χ1n) is 8.39. The molecule has 1 saturated heterocycles. The fourth-order valence-corrected chi connectivity index (χ4v) is 2.89. The van der Waals surface area contributed by atoms with E-state index in [1.165, 1.54) is 38.3 Å². The van der Waals surface area contributed by atoms with Gasteiger partial charge in [0.25, 0.3) is 5.91 Å². The third-order valence-electron chi connectivity index (χ3n) is 4.29. The number of hydrogen-bond acceptors (Lipinski definition) is 5. The Balaban J connectivity index is 2.42. The SMILES string of the molecule is CCOC(=O)[C@@](NC(=O)c1ccc(OC)cc1)([NH+]1CCOCC1)C(F)(F)F. The summed E-state index contributed by atoms with van der Waals surface area (Å²) in [4.78, 5) is 24.8. The number of halogens is 3. The van der Waals surface area contributed by atoms with E-state index in [9.17, 15) is 22.8 Å². The van der Waals surface area contributed by atoms with Crippen molar-refractivity contribution >= 4 is 11.9 Å². The number of esters is 1. The van der Waals surface area contributed by atoms with Crippen LogP contribution in [0.2, 0.25) is 0 Å². The third-order valence-corrected chi connectivity index (χ3v) is 4.29. The van der Waals surface area contributed by atoms with E-state index in [2.05, 4.69) is 0 Å². The number of benzene rings is 1. The molecule has 0 bridgehead atoms. The van der Waals surface area contributed by atoms with Gasteiger partial charge >= 0.3 is 17.8 Å². The van der Waals surface area contributed by atoms with E-state index in [0.29, 0.717) is 5.75 Å². The number of morpholine rings is 1. The zero-order valence-corrected chi connectivity index (χ0v) is 15.0. The Bertz CT molecular complexity index is 660. The lowest BCUT2D eigenvalue weighted by Gasteiger charge is -2.40. The molecule has 0 unspecified atom stereocenters. The van der Waals surface area contributed by atoms with Gasteiger partial charge in [0.2, 0.25) is 0 Å². The van der Waals surface area contributed by atoms with Crippen LogP contribution in [0.4, 0.5) is 13.2 Å². The summed E-state index contributed by atoms with van der Waals surface area (Å²) in [7, 11) is 1.42. The lowest BCUT2D eigenvalue weighted by atomic mass is 10.0. The van der Waals surface area contributed by atoms with Crippen LogP contribution in [0.1, 0.15) is 17.3 Å². The number of nitrogens with one attached hydrogen (secondary N) is 2. The van der Waals surface area contributed by atoms with Gasteiger partial charge in [0.05, 0.1) is 26.9 Å². The van der Waals surface area contributed by atoms with Crippen LogP contribution >= 0.6 is 0 Å². The van der Waals surface area contributed by atoms with Crippen molar-refractivity contribution < 1.29 is 41.9 Å². The highest BCUT2D eigenvalue weighted by atomic mass is 19.4. The molecule has 150 valence electrons. The van der Waals surface area contributed by atoms with Crippen molar-refractivity contribution in [2.45, 2.75) is 18.8 Å². The van der Waals surface area contributed by atoms with Gasteiger partial charge in [-0.2, -0.15) is 13.2 Å². The molecule has 1 aliphatic rings. The van der Waals surface area contributed by atoms with Gasteiger partial charge in [0.1, 0.15) is 18.8 Å². The Morgan fingerprint density at radius 1 is 1.19 bits per heavy atom. The number of carbonyl (C=O) groups excluding carboxylic acids is 2. The number of rotatable bonds is 6. The fraction of sp³-hybridized carbons (Fsp3) is 0.529. The average Bonchev–Trinajstić information content (AvgIpc) is 2.65. The van der Waals surface area contributed by atoms with Crippen molar-refractivity contribution in [3.63, 3.8) is 0 Å². The summed E-state index contributed by atoms with van der Waals surface area (Å²) in [5.74, 6) is -2.14. The molecule has 10 heteroatoms. The highest BCUT2D eigenvalue weighted by Crippen LogP contribution is 2.28. The Kier molecular flexibility index (Phi) is 6.66. The maximum Gasteiger partial charge on any atom is 0.478 e. The van der Waals surface area contributed by atoms with Crippen LogP contribution < -0.4 is 15.0 Å². The van der Waals surface area contributed by atoms with Crippen molar-refractivity contribution in [3.05, 3.63) is 29.8 Å². The van der Waals surface area contributed by atoms with Crippen LogP contribution in [0.3, 0.4) is 0 Å². The van der Waals surface area contributed by atoms with Gasteiger partial charge in [-0.05, 0) is 31.2 Å². The Labute approximate surface area is 154 Å². The number of alkyl halides is 3. The topological polar surface area (TPSA) is 78.3 Å². The van der Waals surface area contributed by atoms with Gasteiger partial charge in [-0.3, -0.25) is 15.0 Å². The summed E-state index contributed by atoms with van der Waals surface area (Å²) < 4.78 is 57.2. The Morgan fingerprint density at radius 2 is 1.78 bits per heavy atom. The smallest absolute Gasteiger partial charge is 0.478 e. The second-order valence-electron chi connectivity index (χ2n) is 5.87. The van der Waals surface area contributed by atoms with Crippen molar-refractivity contribution in [1.82, 2.24) is 5.32 Å². The number of quaternary nitrogens is 1. The predicted molar refractivity (Wildman–Crippen MR) is 87.4 cm³/mol. The summed E-state index contributed by atoms with van der Waals surface area (Å²) in [5.41, 5.74) is -3.26. The van der Waals surface area contributed by atoms with Crippen molar-refractivity contribution in [2.24, 2.45) is 0 Å². The highest BCUT2D eigenvalue weighted by molar-refractivity contribution is 5.98. The molecular weight excluding hydrogens is 369 g/mol. The summed E-state index contributed by atoms with van der Waals surface area (Å²) in [6.07, 6.45) is -5.08. The second-order valence-corrected chi connectivity index (χ2v) is 5.87. The molecule has 0 saturated carbocycles. The molecule has 1 atom stereocenters. The van der Waals surface area contributed by atoms with Crippen LogP contribution in [0, 0.1) is 0 Å². The summed E-state index contributed by atoms with van der Waals surface area (Å²) in [5, 5.41) is 1.91. The number of methoxy groups -OCH3 is 1. The van der Waals surface area contributed by atoms with Gasteiger partial charge in [-0.25, -0.2) is 4.79 Å². The van der Waals surface area contributed by atoms with Crippen LogP contribution in [-0.2, 0) is 14.3 Å². The molecule has 1 aromatic carbocycles. The van der Waals surface area contributed by atoms with E-state index in [1.807, 2.05) is 5.32 Å². The molecular formula is C17H22F3N2O5+. The van der Waals surface area contributed by atoms with E-state index in [-0.39, 0.29) is 43.4 Å². The number of amides is 1. The van der Waals surface area contributed by atoms with Crippen molar-refractivity contribution in [2.75, 3.05) is 40.0 Å². The summed E-state index contributed by atoms with van der Waals surface area (Å²) >= 11 is 0. The predicted octanol–water partition coefficient (Wildman–Crippen LogP) is 0.162. The van der Waals surface area contributed by atoms with Gasteiger partial charge in [0, 0.05) is 5.56 Å². The van der Waals surface area contributed by atoms with E-state index in [4.69, 9.17) is 14.2 Å². The molecule has 0 aliphatic carbocycles. The Hall–Kier alpha value is -2.33. The minimum absolute atomic E-state index is 0.0327. The molecule has 1 aliphatic heterocycles. The maximum atomic E-state index is 14.1. The molecule has 2 rings (SSSR count). The van der Waals surface area contributed by atoms with E-state index in [1.54, 1.807) is 0 Å². The van der Waals surface area contributed by atoms with Crippen molar-refractivity contribution in [3.8, 4) is 5.75 Å². The molecule has 1 amide bonds. The minimum atomic E-state index is -5.08. The Morgan fingerprint density at radius 3 is 2.26 bits per heavy atom. The van der Waals surface area contributed by atoms with E-state index >= 15 is 0 Å². The van der Waals surface area contributed by atoms with Crippen LogP contribution in [0.25, 0.3) is 0 Å². The average molecular weight is 391 g/mol. The number of hydrogen-bond donors (Lipinski definition) is 2. The summed E-state index contributed by atoms with van der Waals surface area (Å²) in [6.45, 7) is 0.996. The zero-order valence-electron chi connectivity index (χ0n) is 15.0. The van der Waals surface area contributed by atoms with Crippen LogP contribution in [-0.4, -0.2) is 63.7 Å². The third kappa shape index (κ3) is 4.33. The normalized spacial score (nSPS) is 17.7. The zero-order chi connectivity index (χ0) is 20.1. The first-order chi connectivity index (χ1) is 12.8. The standard InChI is InChI=1S/C17H21F3N2O5/c1-3-27-15(24)16(17(18,19)20,22-8-10-26-11-9-22)21-14(23)12-4-6-13(25-2)7-5-12/h4-7H,3,8-11H2,1-2H3,(H,21,23)/p+1/t16-/m1/s1. The van der Waals surface area contributed by atoms with Gasteiger partial charge in [0.15, 0.2) is 0 Å². The first-order valence-corrected chi connectivity index (χ1v) is 8.39. The summed E-state index contributed by atoms with van der Waals surface area (Å²) in [6, 6.07) is 5.51. The first kappa shape index (κ1) is 21.0. The second kappa shape index (κ2) is 8.57. The maximum absolute atomic E-state index is 14.1. The molecule has 27 heavy (non-hydrogen) atoms. The monoisotopic (exact) mass is 391 g/mol. The largest absolute Gasteiger partial charge is 0.497 e. The fourth-order valence-electron chi connectivity index (χ4n) is 2.89. The highest BCUT2D eigenvalue weighted by Gasteiger charge is 2.71. The van der Waals surface area contributed by atoms with Gasteiger partial charge in [-0.1, -0.05) is 0 Å². The van der Waals surface area contributed by atoms with E-state index in [0.717, 1.165) is 0 Å². The minimum Gasteiger partial charge on any atom is -0.497 e. The van der Waals surface area contributed by atoms with Crippen LogP contribution in [0.5, 0.6) is 5.75 Å². The molecule has 1 fully saturated rings. The van der Waals surface area contributed by atoms with Crippen molar-refractivity contribution in [1.29, 1.82) is 0 Å². The lowest BCUT2D eigenvalue weighted by molar-refractivity contribution is -0.965. The molecule has 0 spiro atoms. The van der Waals surface area contributed by atoms with E-state index < -0.39 is 23.7 Å². The molecule has 0 radical (unpaired) electrons. The van der Waals surface area contributed by atoms with Gasteiger partial charge < -0.3 is 14.2 Å².